The maximum Gasteiger partial charge on any atom is 0.00151 e. The highest BCUT2D eigenvalue weighted by Gasteiger charge is 2.31. The molecule has 1 atom stereocenters. The first kappa shape index (κ1) is 15.0. The van der Waals surface area contributed by atoms with E-state index in [-0.39, 0.29) is 0 Å². The van der Waals surface area contributed by atoms with Crippen LogP contribution in [0.25, 0.3) is 0 Å². The molecule has 0 aromatic rings. The van der Waals surface area contributed by atoms with E-state index < -0.39 is 0 Å². The summed E-state index contributed by atoms with van der Waals surface area (Å²) < 4.78 is 0. The fourth-order valence-electron chi connectivity index (χ4n) is 2.68. The quantitative estimate of drug-likeness (QED) is 0.688. The Hall–Kier alpha value is -0.0800. The third kappa shape index (κ3) is 5.87. The number of rotatable bonds is 7. The molecule has 0 radical (unpaired) electrons. The molecule has 17 heavy (non-hydrogen) atoms. The van der Waals surface area contributed by atoms with Crippen LogP contribution in [-0.4, -0.2) is 37.6 Å². The van der Waals surface area contributed by atoms with Gasteiger partial charge in [-0.25, -0.2) is 0 Å². The Balaban J connectivity index is 2.02. The van der Waals surface area contributed by atoms with Crippen LogP contribution in [0.3, 0.4) is 0 Å². The average molecular weight is 240 g/mol. The number of nitrogens with one attached hydrogen (secondary N) is 1. The van der Waals surface area contributed by atoms with E-state index in [1.54, 1.807) is 0 Å². The van der Waals surface area contributed by atoms with Crippen LogP contribution in [0.4, 0.5) is 0 Å². The van der Waals surface area contributed by atoms with E-state index in [0.29, 0.717) is 5.41 Å². The number of nitrogens with zero attached hydrogens (tertiary/aromatic N) is 1. The first-order valence-corrected chi connectivity index (χ1v) is 7.47. The van der Waals surface area contributed by atoms with Gasteiger partial charge in [0, 0.05) is 6.54 Å². The van der Waals surface area contributed by atoms with Crippen molar-refractivity contribution in [3.63, 3.8) is 0 Å². The number of hydrogen-bond acceptors (Lipinski definition) is 2. The summed E-state index contributed by atoms with van der Waals surface area (Å²) >= 11 is 0. The van der Waals surface area contributed by atoms with Gasteiger partial charge in [0.2, 0.25) is 0 Å². The van der Waals surface area contributed by atoms with Crippen molar-refractivity contribution in [3.05, 3.63) is 0 Å². The molecule has 0 aromatic heterocycles. The molecule has 1 heterocycles. The van der Waals surface area contributed by atoms with Crippen molar-refractivity contribution in [3.8, 4) is 0 Å². The Morgan fingerprint density at radius 1 is 1.18 bits per heavy atom. The van der Waals surface area contributed by atoms with Crippen molar-refractivity contribution >= 4 is 0 Å². The monoisotopic (exact) mass is 240 g/mol. The predicted octanol–water partition coefficient (Wildman–Crippen LogP) is 3.13. The van der Waals surface area contributed by atoms with Crippen LogP contribution in [0.2, 0.25) is 0 Å². The van der Waals surface area contributed by atoms with Crippen molar-refractivity contribution in [2.24, 2.45) is 11.3 Å². The fourth-order valence-corrected chi connectivity index (χ4v) is 2.68. The van der Waals surface area contributed by atoms with Gasteiger partial charge in [-0.05, 0) is 56.8 Å². The average Bonchev–Trinajstić information content (AvgIpc) is 2.71. The molecule has 0 spiro atoms. The number of hydrogen-bond donors (Lipinski definition) is 1. The Morgan fingerprint density at radius 2 is 1.94 bits per heavy atom. The summed E-state index contributed by atoms with van der Waals surface area (Å²) in [6.07, 6.45) is 5.50. The molecule has 1 N–H and O–H groups in total. The lowest BCUT2D eigenvalue weighted by molar-refractivity contribution is 0.227. The van der Waals surface area contributed by atoms with Crippen LogP contribution in [-0.2, 0) is 0 Å². The van der Waals surface area contributed by atoms with Crippen molar-refractivity contribution in [1.82, 2.24) is 10.2 Å². The van der Waals surface area contributed by atoms with Crippen molar-refractivity contribution in [1.29, 1.82) is 0 Å². The molecule has 1 saturated heterocycles. The fraction of sp³-hybridized carbons (Fsp3) is 1.00. The molecule has 1 aliphatic heterocycles. The molecule has 1 fully saturated rings. The minimum absolute atomic E-state index is 0.500. The summed E-state index contributed by atoms with van der Waals surface area (Å²) in [7, 11) is 0. The van der Waals surface area contributed by atoms with Crippen LogP contribution >= 0.6 is 0 Å². The molecule has 0 amide bonds. The summed E-state index contributed by atoms with van der Waals surface area (Å²) in [6, 6.07) is 0. The minimum Gasteiger partial charge on any atom is -0.317 e. The van der Waals surface area contributed by atoms with Crippen molar-refractivity contribution in [2.75, 3.05) is 32.7 Å². The zero-order valence-electron chi connectivity index (χ0n) is 12.4. The van der Waals surface area contributed by atoms with Gasteiger partial charge >= 0.3 is 0 Å². The topological polar surface area (TPSA) is 15.3 Å². The molecule has 102 valence electrons. The van der Waals surface area contributed by atoms with Gasteiger partial charge in [-0.2, -0.15) is 0 Å². The maximum atomic E-state index is 3.39. The van der Waals surface area contributed by atoms with E-state index in [1.165, 1.54) is 51.9 Å². The van der Waals surface area contributed by atoms with Gasteiger partial charge < -0.3 is 10.2 Å². The standard InChI is InChI=1S/C15H32N2/c1-5-16-10-7-6-8-11-17-12-9-14(13-17)15(2,3)4/h14,16H,5-13H2,1-4H3. The number of likely N-dealkylation sites (tertiary alicyclic amines) is 1. The Bertz CT molecular complexity index is 196. The molecule has 1 rings (SSSR count). The highest BCUT2D eigenvalue weighted by atomic mass is 15.1. The van der Waals surface area contributed by atoms with Crippen molar-refractivity contribution in [2.45, 2.75) is 53.4 Å². The summed E-state index contributed by atoms with van der Waals surface area (Å²) in [4.78, 5) is 2.67. The first-order valence-electron chi connectivity index (χ1n) is 7.47. The zero-order chi connectivity index (χ0) is 12.7. The van der Waals surface area contributed by atoms with Crippen LogP contribution in [0.15, 0.2) is 0 Å². The van der Waals surface area contributed by atoms with Crippen molar-refractivity contribution < 1.29 is 0 Å². The SMILES string of the molecule is CCNCCCCCN1CCC(C(C)(C)C)C1. The van der Waals surface area contributed by atoms with Crippen LogP contribution in [0.1, 0.15) is 53.4 Å². The molecular formula is C15H32N2. The Kier molecular flexibility index (Phi) is 6.50. The van der Waals surface area contributed by atoms with E-state index in [0.717, 1.165) is 12.5 Å². The molecule has 0 bridgehead atoms. The smallest absolute Gasteiger partial charge is 0.00151 e. The van der Waals surface area contributed by atoms with E-state index >= 15 is 0 Å². The summed E-state index contributed by atoms with van der Waals surface area (Å²) in [5.41, 5.74) is 0.500. The predicted molar refractivity (Wildman–Crippen MR) is 76.4 cm³/mol. The lowest BCUT2D eigenvalue weighted by Gasteiger charge is -2.27. The largest absolute Gasteiger partial charge is 0.317 e. The second-order valence-corrected chi connectivity index (χ2v) is 6.57. The Morgan fingerprint density at radius 3 is 2.53 bits per heavy atom. The van der Waals surface area contributed by atoms with Gasteiger partial charge in [-0.15, -0.1) is 0 Å². The molecule has 1 unspecified atom stereocenters. The zero-order valence-corrected chi connectivity index (χ0v) is 12.4. The number of unbranched alkanes of at least 4 members (excludes halogenated alkanes) is 2. The summed E-state index contributed by atoms with van der Waals surface area (Å²) in [5, 5.41) is 3.39. The molecule has 0 aliphatic carbocycles. The van der Waals surface area contributed by atoms with Crippen LogP contribution in [0, 0.1) is 11.3 Å². The molecule has 1 aliphatic rings. The van der Waals surface area contributed by atoms with Gasteiger partial charge in [0.25, 0.3) is 0 Å². The molecule has 0 saturated carbocycles. The van der Waals surface area contributed by atoms with E-state index in [4.69, 9.17) is 0 Å². The van der Waals surface area contributed by atoms with Gasteiger partial charge in [-0.1, -0.05) is 34.1 Å². The summed E-state index contributed by atoms with van der Waals surface area (Å²) in [6.45, 7) is 15.6. The highest BCUT2D eigenvalue weighted by molar-refractivity contribution is 4.83. The second kappa shape index (κ2) is 7.38. The molecule has 2 heteroatoms. The third-order valence-corrected chi connectivity index (χ3v) is 4.08. The highest BCUT2D eigenvalue weighted by Crippen LogP contribution is 2.33. The van der Waals surface area contributed by atoms with Gasteiger partial charge in [-0.3, -0.25) is 0 Å². The van der Waals surface area contributed by atoms with E-state index in [1.807, 2.05) is 0 Å². The van der Waals surface area contributed by atoms with Crippen LogP contribution < -0.4 is 5.32 Å². The maximum absolute atomic E-state index is 3.39. The third-order valence-electron chi connectivity index (χ3n) is 4.08. The Labute approximate surface area is 108 Å². The molecular weight excluding hydrogens is 208 g/mol. The van der Waals surface area contributed by atoms with Gasteiger partial charge in [0.1, 0.15) is 0 Å². The van der Waals surface area contributed by atoms with Gasteiger partial charge in [0.15, 0.2) is 0 Å². The molecule has 2 nitrogen and oxygen atoms in total. The summed E-state index contributed by atoms with van der Waals surface area (Å²) in [5.74, 6) is 0.907. The van der Waals surface area contributed by atoms with E-state index in [9.17, 15) is 0 Å². The molecule has 0 aromatic carbocycles. The van der Waals surface area contributed by atoms with Crippen LogP contribution in [0.5, 0.6) is 0 Å². The van der Waals surface area contributed by atoms with E-state index in [2.05, 4.69) is 37.9 Å². The lowest BCUT2D eigenvalue weighted by Crippen LogP contribution is -2.26. The normalized spacial score (nSPS) is 22.2. The minimum atomic E-state index is 0.500. The second-order valence-electron chi connectivity index (χ2n) is 6.57. The van der Waals surface area contributed by atoms with Gasteiger partial charge in [0.05, 0.1) is 0 Å². The lowest BCUT2D eigenvalue weighted by atomic mass is 9.80. The first-order chi connectivity index (χ1) is 8.04.